The van der Waals surface area contributed by atoms with Crippen molar-refractivity contribution in [2.45, 2.75) is 66.0 Å². The van der Waals surface area contributed by atoms with Crippen LogP contribution in [0.3, 0.4) is 0 Å². The van der Waals surface area contributed by atoms with Crippen molar-refractivity contribution >= 4 is 28.9 Å². The van der Waals surface area contributed by atoms with Gasteiger partial charge in [-0.2, -0.15) is 0 Å². The molecule has 2 bridgehead atoms. The molecule has 0 N–H and O–H groups in total. The first-order chi connectivity index (χ1) is 16.6. The minimum Gasteiger partial charge on any atom is -0.459 e. The number of aryl methyl sites for hydroxylation is 2. The quantitative estimate of drug-likeness (QED) is 0.314. The third-order valence-corrected chi connectivity index (χ3v) is 8.11. The van der Waals surface area contributed by atoms with Gasteiger partial charge < -0.3 is 14.4 Å². The highest BCUT2D eigenvalue weighted by molar-refractivity contribution is 6.18. The fraction of sp³-hybridized carbons (Fsp3) is 0.517. The standard InChI is InChI=1S/C29H37Cl2NO3/c1-17-13-21(19(3)29(5,6)9-8-10-30)15-23-25(17)33-28-24-16-22(20(4)32(7)12-11-31)14-18(2)26(24)34-27(23)35-28/h13-16,19,27-28H,4,8-12H2,1-3,5-7H3. The Labute approximate surface area is 220 Å². The average Bonchev–Trinajstić information content (AvgIpc) is 2.83. The summed E-state index contributed by atoms with van der Waals surface area (Å²) in [5, 5.41) is 0. The molecular formula is C29H37Cl2NO3. The highest BCUT2D eigenvalue weighted by atomic mass is 35.5. The molecular weight excluding hydrogens is 481 g/mol. The van der Waals surface area contributed by atoms with Gasteiger partial charge in [-0.15, -0.1) is 23.2 Å². The van der Waals surface area contributed by atoms with Crippen LogP contribution in [0.4, 0.5) is 0 Å². The fourth-order valence-corrected chi connectivity index (χ4v) is 5.43. The molecule has 4 rings (SSSR count). The summed E-state index contributed by atoms with van der Waals surface area (Å²) in [5.41, 5.74) is 7.29. The Balaban J connectivity index is 1.67. The van der Waals surface area contributed by atoms with Gasteiger partial charge in [-0.1, -0.05) is 33.4 Å². The van der Waals surface area contributed by atoms with Gasteiger partial charge in [0.15, 0.2) is 0 Å². The van der Waals surface area contributed by atoms with Crippen LogP contribution in [0.5, 0.6) is 11.5 Å². The normalized spacial score (nSPS) is 19.2. The topological polar surface area (TPSA) is 30.9 Å². The van der Waals surface area contributed by atoms with Crippen LogP contribution in [0.2, 0.25) is 0 Å². The molecule has 35 heavy (non-hydrogen) atoms. The SMILES string of the molecule is C=C(c1cc(C)c2c(c1)C1Oc3c(C)cc(C(C)C(C)(C)CCCCl)cc3C(O2)O1)N(C)CCCl. The van der Waals surface area contributed by atoms with Gasteiger partial charge in [-0.05, 0) is 78.5 Å². The van der Waals surface area contributed by atoms with Gasteiger partial charge >= 0.3 is 0 Å². The highest BCUT2D eigenvalue weighted by Crippen LogP contribution is 2.51. The monoisotopic (exact) mass is 517 g/mol. The van der Waals surface area contributed by atoms with E-state index in [0.29, 0.717) is 17.7 Å². The van der Waals surface area contributed by atoms with E-state index in [1.54, 1.807) is 0 Å². The van der Waals surface area contributed by atoms with E-state index in [-0.39, 0.29) is 5.41 Å². The van der Waals surface area contributed by atoms with Crippen LogP contribution >= 0.6 is 23.2 Å². The zero-order valence-electron chi connectivity index (χ0n) is 21.7. The zero-order valence-corrected chi connectivity index (χ0v) is 23.2. The summed E-state index contributed by atoms with van der Waals surface area (Å²) in [6.45, 7) is 16.1. The van der Waals surface area contributed by atoms with E-state index in [0.717, 1.165) is 64.4 Å². The second-order valence-electron chi connectivity index (χ2n) is 10.6. The predicted molar refractivity (Wildman–Crippen MR) is 145 cm³/mol. The second-order valence-corrected chi connectivity index (χ2v) is 11.3. The Morgan fingerprint density at radius 1 is 1.00 bits per heavy atom. The zero-order chi connectivity index (χ0) is 25.5. The third kappa shape index (κ3) is 5.03. The van der Waals surface area contributed by atoms with Gasteiger partial charge in [0.25, 0.3) is 0 Å². The van der Waals surface area contributed by atoms with Gasteiger partial charge in [0.1, 0.15) is 11.5 Å². The largest absolute Gasteiger partial charge is 0.459 e. The smallest absolute Gasteiger partial charge is 0.233 e. The molecule has 2 aliphatic rings. The number of fused-ring (bicyclic) bond motifs is 6. The van der Waals surface area contributed by atoms with Crippen molar-refractivity contribution < 1.29 is 14.2 Å². The van der Waals surface area contributed by atoms with Crippen molar-refractivity contribution in [3.05, 3.63) is 64.2 Å². The maximum absolute atomic E-state index is 6.46. The number of hydrogen-bond acceptors (Lipinski definition) is 4. The molecule has 0 saturated carbocycles. The lowest BCUT2D eigenvalue weighted by molar-refractivity contribution is -0.228. The van der Waals surface area contributed by atoms with Gasteiger partial charge in [-0.3, -0.25) is 4.74 Å². The Hall–Kier alpha value is -1.88. The molecule has 6 heteroatoms. The first-order valence-corrected chi connectivity index (χ1v) is 13.4. The van der Waals surface area contributed by atoms with Crippen LogP contribution < -0.4 is 9.47 Å². The molecule has 2 aromatic rings. The number of rotatable bonds is 9. The minimum atomic E-state index is -0.525. The number of halogens is 2. The summed E-state index contributed by atoms with van der Waals surface area (Å²) in [5.74, 6) is 3.26. The first-order valence-electron chi connectivity index (χ1n) is 12.4. The lowest BCUT2D eigenvalue weighted by atomic mass is 9.72. The van der Waals surface area contributed by atoms with E-state index >= 15 is 0 Å². The number of benzene rings is 2. The van der Waals surface area contributed by atoms with E-state index < -0.39 is 12.6 Å². The lowest BCUT2D eigenvalue weighted by Crippen LogP contribution is -2.31. The lowest BCUT2D eigenvalue weighted by Gasteiger charge is -2.40. The first kappa shape index (κ1) is 26.2. The van der Waals surface area contributed by atoms with Crippen molar-refractivity contribution in [1.82, 2.24) is 4.90 Å². The summed E-state index contributed by atoms with van der Waals surface area (Å²) in [4.78, 5) is 2.06. The van der Waals surface area contributed by atoms with E-state index in [2.05, 4.69) is 70.4 Å². The summed E-state index contributed by atoms with van der Waals surface area (Å²) < 4.78 is 19.2. The van der Waals surface area contributed by atoms with Crippen molar-refractivity contribution in [2.75, 3.05) is 25.4 Å². The van der Waals surface area contributed by atoms with Gasteiger partial charge in [0, 0.05) is 31.0 Å². The maximum atomic E-state index is 6.46. The average molecular weight is 519 g/mol. The molecule has 0 amide bonds. The fourth-order valence-electron chi connectivity index (χ4n) is 5.05. The van der Waals surface area contributed by atoms with E-state index in [1.165, 1.54) is 5.56 Å². The Kier molecular flexibility index (Phi) is 7.66. The van der Waals surface area contributed by atoms with Gasteiger partial charge in [-0.25, -0.2) is 0 Å². The molecule has 190 valence electrons. The second kappa shape index (κ2) is 10.2. The van der Waals surface area contributed by atoms with Crippen molar-refractivity contribution in [1.29, 1.82) is 0 Å². The molecule has 0 radical (unpaired) electrons. The summed E-state index contributed by atoms with van der Waals surface area (Å²) in [6, 6.07) is 8.62. The molecule has 3 atom stereocenters. The molecule has 0 saturated heterocycles. The van der Waals surface area contributed by atoms with Crippen molar-refractivity contribution in [2.24, 2.45) is 5.41 Å². The molecule has 2 aliphatic heterocycles. The number of hydrogen-bond donors (Lipinski definition) is 0. The van der Waals surface area contributed by atoms with Crippen molar-refractivity contribution in [3.63, 3.8) is 0 Å². The number of alkyl halides is 2. The summed E-state index contributed by atoms with van der Waals surface area (Å²) >= 11 is 11.9. The van der Waals surface area contributed by atoms with E-state index in [1.807, 2.05) is 7.05 Å². The number of ether oxygens (including phenoxy) is 3. The summed E-state index contributed by atoms with van der Waals surface area (Å²) in [7, 11) is 1.99. The van der Waals surface area contributed by atoms with Crippen LogP contribution in [0.25, 0.3) is 5.70 Å². The number of nitrogens with zero attached hydrogens (tertiary/aromatic N) is 1. The van der Waals surface area contributed by atoms with Crippen LogP contribution in [0, 0.1) is 19.3 Å². The van der Waals surface area contributed by atoms with Gasteiger partial charge in [0.2, 0.25) is 12.6 Å². The molecule has 0 aliphatic carbocycles. The van der Waals surface area contributed by atoms with E-state index in [4.69, 9.17) is 37.4 Å². The molecule has 2 heterocycles. The molecule has 0 fully saturated rings. The van der Waals surface area contributed by atoms with Crippen LogP contribution in [0.15, 0.2) is 30.8 Å². The molecule has 0 spiro atoms. The Morgan fingerprint density at radius 2 is 1.60 bits per heavy atom. The van der Waals surface area contributed by atoms with Crippen LogP contribution in [-0.4, -0.2) is 30.3 Å². The third-order valence-electron chi connectivity index (χ3n) is 7.67. The van der Waals surface area contributed by atoms with Crippen LogP contribution in [0.1, 0.15) is 85.5 Å². The molecule has 2 aromatic carbocycles. The Bertz CT molecular complexity index is 1110. The molecule has 4 nitrogen and oxygen atoms in total. The predicted octanol–water partition coefficient (Wildman–Crippen LogP) is 8.09. The summed E-state index contributed by atoms with van der Waals surface area (Å²) in [6.07, 6.45) is 1.06. The van der Waals surface area contributed by atoms with Gasteiger partial charge in [0.05, 0.1) is 11.1 Å². The Morgan fingerprint density at radius 3 is 2.20 bits per heavy atom. The molecule has 3 unspecified atom stereocenters. The minimum absolute atomic E-state index is 0.126. The van der Waals surface area contributed by atoms with E-state index in [9.17, 15) is 0 Å². The maximum Gasteiger partial charge on any atom is 0.233 e. The highest BCUT2D eigenvalue weighted by Gasteiger charge is 2.40. The van der Waals surface area contributed by atoms with Crippen molar-refractivity contribution in [3.8, 4) is 11.5 Å². The molecule has 0 aromatic heterocycles. The van der Waals surface area contributed by atoms with Crippen LogP contribution in [-0.2, 0) is 4.74 Å².